The van der Waals surface area contributed by atoms with E-state index in [-0.39, 0.29) is 0 Å². The third kappa shape index (κ3) is 3.22. The smallest absolute Gasteiger partial charge is 0.177 e. The molecule has 1 unspecified atom stereocenters. The standard InChI is InChI=1S/C18H19N7/c1-13(2)12-14-8-10-16(11-9-14)18(22-23-19,17-20-24-25-21-17)15-6-4-3-5-7-15/h3-11,13H,12H2,1-2H3,(H,20,21,24,25). The first kappa shape index (κ1) is 16.7. The van der Waals surface area contributed by atoms with Gasteiger partial charge in [-0.25, -0.2) is 0 Å². The molecule has 2 aromatic carbocycles. The Kier molecular flexibility index (Phi) is 4.77. The van der Waals surface area contributed by atoms with Crippen LogP contribution in [0.15, 0.2) is 59.7 Å². The van der Waals surface area contributed by atoms with E-state index < -0.39 is 5.54 Å². The average molecular weight is 333 g/mol. The number of rotatable bonds is 6. The van der Waals surface area contributed by atoms with E-state index in [0.29, 0.717) is 11.7 Å². The molecule has 1 atom stereocenters. The SMILES string of the molecule is CC(C)Cc1ccc(C(N=[N+]=[N-])(c2ccccc2)c2nn[nH]n2)cc1. The van der Waals surface area contributed by atoms with E-state index in [0.717, 1.165) is 17.5 Å². The van der Waals surface area contributed by atoms with Gasteiger partial charge in [0.25, 0.3) is 0 Å². The molecule has 7 heteroatoms. The molecule has 0 saturated carbocycles. The summed E-state index contributed by atoms with van der Waals surface area (Å²) in [6.07, 6.45) is 0.988. The van der Waals surface area contributed by atoms with Gasteiger partial charge in [-0.2, -0.15) is 5.21 Å². The molecule has 3 aromatic rings. The van der Waals surface area contributed by atoms with Crippen molar-refractivity contribution in [3.8, 4) is 0 Å². The van der Waals surface area contributed by atoms with Crippen LogP contribution in [0.4, 0.5) is 0 Å². The Morgan fingerprint density at radius 1 is 1.08 bits per heavy atom. The molecular formula is C18H19N7. The highest BCUT2D eigenvalue weighted by Gasteiger charge is 2.39. The summed E-state index contributed by atoms with van der Waals surface area (Å²) in [6.45, 7) is 4.36. The maximum absolute atomic E-state index is 9.27. The van der Waals surface area contributed by atoms with Gasteiger partial charge in [0.2, 0.25) is 0 Å². The van der Waals surface area contributed by atoms with E-state index in [1.54, 1.807) is 0 Å². The number of azide groups is 1. The molecule has 0 spiro atoms. The molecule has 0 aliphatic rings. The second-order valence-electron chi connectivity index (χ2n) is 6.30. The molecule has 126 valence electrons. The number of benzene rings is 2. The fraction of sp³-hybridized carbons (Fsp3) is 0.278. The van der Waals surface area contributed by atoms with E-state index in [9.17, 15) is 5.53 Å². The fourth-order valence-electron chi connectivity index (χ4n) is 3.00. The van der Waals surface area contributed by atoms with Crippen molar-refractivity contribution in [2.24, 2.45) is 11.0 Å². The Hall–Kier alpha value is -3.18. The van der Waals surface area contributed by atoms with Crippen LogP contribution in [0.5, 0.6) is 0 Å². The lowest BCUT2D eigenvalue weighted by Crippen LogP contribution is -2.28. The van der Waals surface area contributed by atoms with Gasteiger partial charge in [0.05, 0.1) is 0 Å². The normalized spacial score (nSPS) is 13.2. The van der Waals surface area contributed by atoms with Crippen LogP contribution in [0.25, 0.3) is 10.4 Å². The summed E-state index contributed by atoms with van der Waals surface area (Å²) in [7, 11) is 0. The summed E-state index contributed by atoms with van der Waals surface area (Å²) in [5.74, 6) is 0.882. The highest BCUT2D eigenvalue weighted by molar-refractivity contribution is 5.45. The second-order valence-corrected chi connectivity index (χ2v) is 6.30. The molecule has 0 fully saturated rings. The Morgan fingerprint density at radius 3 is 2.32 bits per heavy atom. The zero-order chi connectivity index (χ0) is 17.7. The summed E-state index contributed by atoms with van der Waals surface area (Å²) >= 11 is 0. The number of H-pyrrole nitrogens is 1. The summed E-state index contributed by atoms with van der Waals surface area (Å²) in [6, 6.07) is 17.5. The van der Waals surface area contributed by atoms with Gasteiger partial charge < -0.3 is 0 Å². The minimum absolute atomic E-state index is 0.313. The zero-order valence-electron chi connectivity index (χ0n) is 14.2. The number of aromatic nitrogens is 4. The van der Waals surface area contributed by atoms with Crippen molar-refractivity contribution < 1.29 is 0 Å². The first-order valence-corrected chi connectivity index (χ1v) is 8.12. The summed E-state index contributed by atoms with van der Waals surface area (Å²) < 4.78 is 0. The predicted octanol–water partition coefficient (Wildman–Crippen LogP) is 4.00. The molecular weight excluding hydrogens is 314 g/mol. The lowest BCUT2D eigenvalue weighted by atomic mass is 9.82. The number of hydrogen-bond donors (Lipinski definition) is 1. The van der Waals surface area contributed by atoms with E-state index in [1.807, 2.05) is 42.5 Å². The molecule has 3 rings (SSSR count). The van der Waals surface area contributed by atoms with Crippen LogP contribution < -0.4 is 0 Å². The van der Waals surface area contributed by atoms with Crippen LogP contribution in [-0.2, 0) is 12.0 Å². The Balaban J connectivity index is 2.19. The van der Waals surface area contributed by atoms with Gasteiger partial charge in [-0.3, -0.25) is 0 Å². The van der Waals surface area contributed by atoms with E-state index in [2.05, 4.69) is 56.6 Å². The van der Waals surface area contributed by atoms with Crippen LogP contribution in [0.2, 0.25) is 0 Å². The van der Waals surface area contributed by atoms with Gasteiger partial charge >= 0.3 is 0 Å². The summed E-state index contributed by atoms with van der Waals surface area (Å²) in [5.41, 5.74) is 10.9. The summed E-state index contributed by atoms with van der Waals surface area (Å²) in [5, 5.41) is 18.5. The third-order valence-electron chi connectivity index (χ3n) is 4.07. The largest absolute Gasteiger partial charge is 0.195 e. The van der Waals surface area contributed by atoms with Crippen molar-refractivity contribution in [1.82, 2.24) is 20.6 Å². The Bertz CT molecular complexity index is 850. The topological polar surface area (TPSA) is 103 Å². The molecule has 0 amide bonds. The predicted molar refractivity (Wildman–Crippen MR) is 94.6 cm³/mol. The van der Waals surface area contributed by atoms with Crippen LogP contribution in [-0.4, -0.2) is 20.6 Å². The fourth-order valence-corrected chi connectivity index (χ4v) is 3.00. The van der Waals surface area contributed by atoms with Gasteiger partial charge in [0, 0.05) is 4.91 Å². The monoisotopic (exact) mass is 333 g/mol. The number of tetrazole rings is 1. The third-order valence-corrected chi connectivity index (χ3v) is 4.07. The molecule has 1 N–H and O–H groups in total. The second kappa shape index (κ2) is 7.15. The number of aromatic amines is 1. The lowest BCUT2D eigenvalue weighted by Gasteiger charge is -2.26. The van der Waals surface area contributed by atoms with Gasteiger partial charge in [-0.05, 0) is 34.6 Å². The van der Waals surface area contributed by atoms with E-state index in [1.165, 1.54) is 5.56 Å². The minimum Gasteiger partial charge on any atom is -0.177 e. The molecule has 1 aromatic heterocycles. The quantitative estimate of drug-likeness (QED) is 0.419. The van der Waals surface area contributed by atoms with Gasteiger partial charge in [0.1, 0.15) is 0 Å². The molecule has 7 nitrogen and oxygen atoms in total. The molecule has 0 aliphatic heterocycles. The van der Waals surface area contributed by atoms with Crippen molar-refractivity contribution >= 4 is 0 Å². The molecule has 0 aliphatic carbocycles. The molecule has 0 radical (unpaired) electrons. The van der Waals surface area contributed by atoms with Gasteiger partial charge in [-0.1, -0.05) is 78.8 Å². The van der Waals surface area contributed by atoms with Crippen LogP contribution in [0.3, 0.4) is 0 Å². The van der Waals surface area contributed by atoms with Gasteiger partial charge in [-0.15, -0.1) is 10.2 Å². The average Bonchev–Trinajstić information content (AvgIpc) is 3.16. The van der Waals surface area contributed by atoms with Crippen molar-refractivity contribution in [3.05, 3.63) is 87.6 Å². The Morgan fingerprint density at radius 2 is 1.76 bits per heavy atom. The molecule has 0 bridgehead atoms. The minimum atomic E-state index is -1.17. The molecule has 25 heavy (non-hydrogen) atoms. The van der Waals surface area contributed by atoms with Crippen molar-refractivity contribution in [2.45, 2.75) is 25.8 Å². The number of nitrogens with one attached hydrogen (secondary N) is 1. The zero-order valence-corrected chi connectivity index (χ0v) is 14.2. The van der Waals surface area contributed by atoms with Crippen molar-refractivity contribution in [2.75, 3.05) is 0 Å². The highest BCUT2D eigenvalue weighted by atomic mass is 15.5. The Labute approximate surface area is 145 Å². The number of nitrogens with zero attached hydrogens (tertiary/aromatic N) is 6. The first-order valence-electron chi connectivity index (χ1n) is 8.12. The highest BCUT2D eigenvalue weighted by Crippen LogP contribution is 2.38. The van der Waals surface area contributed by atoms with Crippen molar-refractivity contribution in [1.29, 1.82) is 0 Å². The maximum Gasteiger partial charge on any atom is 0.195 e. The van der Waals surface area contributed by atoms with Crippen molar-refractivity contribution in [3.63, 3.8) is 0 Å². The van der Waals surface area contributed by atoms with E-state index >= 15 is 0 Å². The van der Waals surface area contributed by atoms with Crippen LogP contribution in [0.1, 0.15) is 36.4 Å². The van der Waals surface area contributed by atoms with E-state index in [4.69, 9.17) is 0 Å². The molecule has 1 heterocycles. The van der Waals surface area contributed by atoms with Crippen LogP contribution >= 0.6 is 0 Å². The molecule has 0 saturated heterocycles. The van der Waals surface area contributed by atoms with Crippen LogP contribution in [0, 0.1) is 5.92 Å². The number of hydrogen-bond acceptors (Lipinski definition) is 4. The maximum atomic E-state index is 9.27. The lowest BCUT2D eigenvalue weighted by molar-refractivity contribution is 0.597. The van der Waals surface area contributed by atoms with Gasteiger partial charge in [0.15, 0.2) is 11.4 Å². The first-order chi connectivity index (χ1) is 12.2. The summed E-state index contributed by atoms with van der Waals surface area (Å²) in [4.78, 5) is 3.09.